The van der Waals surface area contributed by atoms with Gasteiger partial charge in [-0.25, -0.2) is 0 Å². The molecule has 3 rings (SSSR count). The van der Waals surface area contributed by atoms with Crippen LogP contribution in [-0.4, -0.2) is 28.3 Å². The number of amides is 2. The highest BCUT2D eigenvalue weighted by Crippen LogP contribution is 2.19. The molecule has 0 saturated heterocycles. The van der Waals surface area contributed by atoms with E-state index in [1.165, 1.54) is 0 Å². The number of aryl methyl sites for hydroxylation is 1. The summed E-state index contributed by atoms with van der Waals surface area (Å²) in [5.41, 5.74) is 2.62. The molecular formula is C29H33ClN2O2. The molecular weight excluding hydrogens is 444 g/mol. The molecule has 1 unspecified atom stereocenters. The van der Waals surface area contributed by atoms with Crippen molar-refractivity contribution in [2.24, 2.45) is 0 Å². The van der Waals surface area contributed by atoms with Crippen molar-refractivity contribution in [3.05, 3.63) is 107 Å². The van der Waals surface area contributed by atoms with E-state index in [1.54, 1.807) is 4.90 Å². The van der Waals surface area contributed by atoms with Gasteiger partial charge in [-0.3, -0.25) is 9.59 Å². The summed E-state index contributed by atoms with van der Waals surface area (Å²) in [4.78, 5) is 28.8. The molecule has 0 radical (unpaired) electrons. The number of hydrogen-bond donors (Lipinski definition) is 1. The third-order valence-corrected chi connectivity index (χ3v) is 5.76. The van der Waals surface area contributed by atoms with Gasteiger partial charge in [0.25, 0.3) is 0 Å². The second kappa shape index (κ2) is 11.8. The van der Waals surface area contributed by atoms with Crippen LogP contribution in [0.3, 0.4) is 0 Å². The highest BCUT2D eigenvalue weighted by Gasteiger charge is 2.32. The van der Waals surface area contributed by atoms with Gasteiger partial charge in [-0.1, -0.05) is 84.4 Å². The maximum absolute atomic E-state index is 13.6. The summed E-state index contributed by atoms with van der Waals surface area (Å²) in [6, 6.07) is 26.6. The lowest BCUT2D eigenvalue weighted by molar-refractivity contribution is -0.141. The molecule has 0 aromatic heterocycles. The Bertz CT molecular complexity index is 1060. The van der Waals surface area contributed by atoms with Gasteiger partial charge < -0.3 is 10.2 Å². The minimum atomic E-state index is -0.638. The van der Waals surface area contributed by atoms with Crippen LogP contribution in [0.4, 0.5) is 0 Å². The maximum atomic E-state index is 13.6. The fourth-order valence-corrected chi connectivity index (χ4v) is 3.96. The molecule has 3 aromatic carbocycles. The lowest BCUT2D eigenvalue weighted by Gasteiger charge is -2.34. The molecule has 0 aliphatic heterocycles. The van der Waals surface area contributed by atoms with Crippen molar-refractivity contribution < 1.29 is 9.59 Å². The average molecular weight is 477 g/mol. The van der Waals surface area contributed by atoms with Crippen molar-refractivity contribution in [3.8, 4) is 0 Å². The van der Waals surface area contributed by atoms with Crippen molar-refractivity contribution >= 4 is 23.4 Å². The van der Waals surface area contributed by atoms with E-state index < -0.39 is 11.6 Å². The number of halogens is 1. The van der Waals surface area contributed by atoms with E-state index >= 15 is 0 Å². The molecule has 1 N–H and O–H groups in total. The molecule has 4 nitrogen and oxygen atoms in total. The number of carbonyl (C=O) groups excluding carboxylic acids is 2. The van der Waals surface area contributed by atoms with Gasteiger partial charge >= 0.3 is 0 Å². The van der Waals surface area contributed by atoms with Gasteiger partial charge in [0.2, 0.25) is 11.8 Å². The topological polar surface area (TPSA) is 49.4 Å². The van der Waals surface area contributed by atoms with Gasteiger partial charge in [0, 0.05) is 29.9 Å². The maximum Gasteiger partial charge on any atom is 0.243 e. The van der Waals surface area contributed by atoms with Crippen LogP contribution in [0.25, 0.3) is 0 Å². The minimum Gasteiger partial charge on any atom is -0.350 e. The third kappa shape index (κ3) is 8.03. The molecule has 0 aliphatic rings. The quantitative estimate of drug-likeness (QED) is 0.422. The fraction of sp³-hybridized carbons (Fsp3) is 0.310. The van der Waals surface area contributed by atoms with Gasteiger partial charge in [-0.2, -0.15) is 0 Å². The first-order valence-electron chi connectivity index (χ1n) is 11.6. The van der Waals surface area contributed by atoms with Crippen LogP contribution < -0.4 is 5.32 Å². The molecule has 0 saturated carbocycles. The van der Waals surface area contributed by atoms with E-state index in [1.807, 2.05) is 106 Å². The first-order chi connectivity index (χ1) is 16.2. The summed E-state index contributed by atoms with van der Waals surface area (Å²) in [6.07, 6.45) is 1.38. The summed E-state index contributed by atoms with van der Waals surface area (Å²) < 4.78 is 0. The molecule has 3 aromatic rings. The second-order valence-electron chi connectivity index (χ2n) is 9.58. The van der Waals surface area contributed by atoms with Crippen molar-refractivity contribution in [2.75, 3.05) is 0 Å². The van der Waals surface area contributed by atoms with E-state index in [9.17, 15) is 9.59 Å². The molecule has 2 amide bonds. The van der Waals surface area contributed by atoms with Gasteiger partial charge in [0.15, 0.2) is 0 Å². The Kier molecular flexibility index (Phi) is 8.89. The lowest BCUT2D eigenvalue weighted by atomic mass is 10.00. The zero-order valence-electron chi connectivity index (χ0n) is 20.1. The fourth-order valence-electron chi connectivity index (χ4n) is 3.83. The number of carbonyl (C=O) groups is 2. The Balaban J connectivity index is 1.91. The Labute approximate surface area is 207 Å². The zero-order valence-corrected chi connectivity index (χ0v) is 20.9. The number of nitrogens with one attached hydrogen (secondary N) is 1. The largest absolute Gasteiger partial charge is 0.350 e. The Morgan fingerprint density at radius 2 is 1.38 bits per heavy atom. The van der Waals surface area contributed by atoms with Gasteiger partial charge in [0.05, 0.1) is 0 Å². The van der Waals surface area contributed by atoms with E-state index in [0.717, 1.165) is 16.7 Å². The zero-order chi connectivity index (χ0) is 24.6. The Morgan fingerprint density at radius 1 is 0.824 bits per heavy atom. The van der Waals surface area contributed by atoms with E-state index in [-0.39, 0.29) is 11.8 Å². The van der Waals surface area contributed by atoms with Crippen LogP contribution in [0.5, 0.6) is 0 Å². The van der Waals surface area contributed by atoms with Crippen LogP contribution in [0.2, 0.25) is 5.02 Å². The van der Waals surface area contributed by atoms with Crippen LogP contribution in [0.15, 0.2) is 84.9 Å². The third-order valence-electron chi connectivity index (χ3n) is 5.51. The van der Waals surface area contributed by atoms with Gasteiger partial charge in [-0.05, 0) is 56.0 Å². The summed E-state index contributed by atoms with van der Waals surface area (Å²) in [5.74, 6) is -0.206. The molecule has 0 spiro atoms. The Morgan fingerprint density at radius 3 is 1.94 bits per heavy atom. The predicted octanol–water partition coefficient (Wildman–Crippen LogP) is 5.83. The SMILES string of the molecule is CC(C)(C)NC(=O)C(Cc1ccccc1)N(Cc1ccc(Cl)cc1)C(=O)CCc1ccccc1. The van der Waals surface area contributed by atoms with Crippen LogP contribution in [0.1, 0.15) is 43.9 Å². The summed E-state index contributed by atoms with van der Waals surface area (Å²) in [5, 5.41) is 3.73. The standard InChI is InChI=1S/C29H33ClN2O2/c1-29(2,3)31-28(34)26(20-23-12-8-5-9-13-23)32(21-24-14-17-25(30)18-15-24)27(33)19-16-22-10-6-4-7-11-22/h4-15,17-18,26H,16,19-21H2,1-3H3,(H,31,34). The molecule has 5 heteroatoms. The first kappa shape index (κ1) is 25.5. The minimum absolute atomic E-state index is 0.0520. The molecule has 0 heterocycles. The van der Waals surface area contributed by atoms with Crippen molar-refractivity contribution in [3.63, 3.8) is 0 Å². The summed E-state index contributed by atoms with van der Waals surface area (Å²) >= 11 is 6.08. The predicted molar refractivity (Wildman–Crippen MR) is 139 cm³/mol. The highest BCUT2D eigenvalue weighted by atomic mass is 35.5. The molecule has 178 valence electrons. The molecule has 0 bridgehead atoms. The average Bonchev–Trinajstić information content (AvgIpc) is 2.81. The van der Waals surface area contributed by atoms with Crippen LogP contribution in [0, 0.1) is 0 Å². The second-order valence-corrected chi connectivity index (χ2v) is 10.0. The van der Waals surface area contributed by atoms with Crippen molar-refractivity contribution in [1.29, 1.82) is 0 Å². The normalized spacial score (nSPS) is 12.1. The van der Waals surface area contributed by atoms with E-state index in [4.69, 9.17) is 11.6 Å². The number of nitrogens with zero attached hydrogens (tertiary/aromatic N) is 1. The van der Waals surface area contributed by atoms with Gasteiger partial charge in [-0.15, -0.1) is 0 Å². The molecule has 0 aliphatic carbocycles. The van der Waals surface area contributed by atoms with Gasteiger partial charge in [0.1, 0.15) is 6.04 Å². The summed E-state index contributed by atoms with van der Waals surface area (Å²) in [6.45, 7) is 6.18. The van der Waals surface area contributed by atoms with Crippen molar-refractivity contribution in [1.82, 2.24) is 10.2 Å². The molecule has 34 heavy (non-hydrogen) atoms. The Hall–Kier alpha value is -3.11. The van der Waals surface area contributed by atoms with Crippen LogP contribution >= 0.6 is 11.6 Å². The van der Waals surface area contributed by atoms with Crippen molar-refractivity contribution in [2.45, 2.75) is 58.2 Å². The first-order valence-corrected chi connectivity index (χ1v) is 12.0. The monoisotopic (exact) mass is 476 g/mol. The van der Waals surface area contributed by atoms with E-state index in [0.29, 0.717) is 30.8 Å². The number of rotatable bonds is 9. The highest BCUT2D eigenvalue weighted by molar-refractivity contribution is 6.30. The van der Waals surface area contributed by atoms with E-state index in [2.05, 4.69) is 5.32 Å². The summed E-state index contributed by atoms with van der Waals surface area (Å²) in [7, 11) is 0. The number of benzene rings is 3. The lowest BCUT2D eigenvalue weighted by Crippen LogP contribution is -2.54. The number of hydrogen-bond acceptors (Lipinski definition) is 2. The molecule has 1 atom stereocenters. The molecule has 0 fully saturated rings. The smallest absolute Gasteiger partial charge is 0.243 e. The van der Waals surface area contributed by atoms with Crippen LogP contribution in [-0.2, 0) is 29.0 Å².